The summed E-state index contributed by atoms with van der Waals surface area (Å²) in [4.78, 5) is 24.5. The van der Waals surface area contributed by atoms with Crippen LogP contribution in [-0.2, 0) is 0 Å². The molecule has 2 amide bonds. The van der Waals surface area contributed by atoms with Gasteiger partial charge < -0.3 is 15.5 Å². The zero-order valence-electron chi connectivity index (χ0n) is 14.0. The van der Waals surface area contributed by atoms with Crippen LogP contribution in [0.25, 0.3) is 0 Å². The molecule has 0 unspecified atom stereocenters. The molecule has 0 aliphatic carbocycles. The van der Waals surface area contributed by atoms with E-state index in [2.05, 4.69) is 10.6 Å². The van der Waals surface area contributed by atoms with Crippen molar-refractivity contribution < 1.29 is 14.1 Å². The molecular formula is C18H19FN4O3. The van der Waals surface area contributed by atoms with Crippen LogP contribution in [0.1, 0.15) is 12.8 Å². The standard InChI is InChI=1S/C18H19FN4O3/c19-13-6-7-16(23(25)26)17(12-13)22-10-8-15(9-11-22)21-18(24)20-14-4-2-1-3-5-14/h1-7,12,15H,8-11H2,(H2,20,21,24). The van der Waals surface area contributed by atoms with Crippen molar-refractivity contribution in [3.8, 4) is 0 Å². The van der Waals surface area contributed by atoms with Crippen molar-refractivity contribution in [3.05, 3.63) is 64.5 Å². The maximum Gasteiger partial charge on any atom is 0.319 e. The van der Waals surface area contributed by atoms with Gasteiger partial charge in [0.05, 0.1) is 4.92 Å². The Morgan fingerprint density at radius 3 is 2.50 bits per heavy atom. The second-order valence-electron chi connectivity index (χ2n) is 6.12. The summed E-state index contributed by atoms with van der Waals surface area (Å²) in [5.74, 6) is -0.506. The molecule has 8 heteroatoms. The molecule has 3 rings (SSSR count). The van der Waals surface area contributed by atoms with Gasteiger partial charge in [-0.25, -0.2) is 9.18 Å². The number of halogens is 1. The molecule has 1 heterocycles. The molecule has 1 aliphatic rings. The van der Waals surface area contributed by atoms with E-state index in [1.165, 1.54) is 12.1 Å². The van der Waals surface area contributed by atoms with Crippen molar-refractivity contribution in [1.82, 2.24) is 5.32 Å². The number of carbonyl (C=O) groups excluding carboxylic acids is 1. The van der Waals surface area contributed by atoms with Gasteiger partial charge in [0, 0.05) is 37.0 Å². The SMILES string of the molecule is O=C(Nc1ccccc1)NC1CCN(c2cc(F)ccc2[N+](=O)[O-])CC1. The van der Waals surface area contributed by atoms with Crippen molar-refractivity contribution in [2.75, 3.05) is 23.3 Å². The van der Waals surface area contributed by atoms with Crippen molar-refractivity contribution in [2.24, 2.45) is 0 Å². The summed E-state index contributed by atoms with van der Waals surface area (Å²) in [6.45, 7) is 1.00. The van der Waals surface area contributed by atoms with E-state index in [-0.39, 0.29) is 23.4 Å². The van der Waals surface area contributed by atoms with Gasteiger partial charge in [-0.15, -0.1) is 0 Å². The Kier molecular flexibility index (Phi) is 5.31. The van der Waals surface area contributed by atoms with Gasteiger partial charge in [-0.1, -0.05) is 18.2 Å². The number of amides is 2. The molecule has 1 fully saturated rings. The molecule has 0 bridgehead atoms. The Bertz CT molecular complexity index is 792. The molecule has 0 saturated carbocycles. The minimum absolute atomic E-state index is 0.0393. The van der Waals surface area contributed by atoms with E-state index >= 15 is 0 Å². The molecule has 1 aliphatic heterocycles. The van der Waals surface area contributed by atoms with Crippen LogP contribution < -0.4 is 15.5 Å². The molecular weight excluding hydrogens is 339 g/mol. The number of benzene rings is 2. The van der Waals surface area contributed by atoms with Crippen molar-refractivity contribution >= 4 is 23.1 Å². The third-order valence-electron chi connectivity index (χ3n) is 4.34. The van der Waals surface area contributed by atoms with Crippen molar-refractivity contribution in [1.29, 1.82) is 0 Å². The summed E-state index contributed by atoms with van der Waals surface area (Å²) < 4.78 is 13.5. The Hall–Kier alpha value is -3.16. The highest BCUT2D eigenvalue weighted by atomic mass is 19.1. The van der Waals surface area contributed by atoms with Gasteiger partial charge in [0.25, 0.3) is 5.69 Å². The number of anilines is 2. The highest BCUT2D eigenvalue weighted by Gasteiger charge is 2.26. The number of nitrogens with one attached hydrogen (secondary N) is 2. The Morgan fingerprint density at radius 2 is 1.85 bits per heavy atom. The van der Waals surface area contributed by atoms with Crippen LogP contribution >= 0.6 is 0 Å². The summed E-state index contributed by atoms with van der Waals surface area (Å²) >= 11 is 0. The number of hydrogen-bond acceptors (Lipinski definition) is 4. The minimum Gasteiger partial charge on any atom is -0.366 e. The van der Waals surface area contributed by atoms with Crippen LogP contribution in [0.15, 0.2) is 48.5 Å². The van der Waals surface area contributed by atoms with Gasteiger partial charge >= 0.3 is 6.03 Å². The number of para-hydroxylation sites is 1. The molecule has 0 atom stereocenters. The highest BCUT2D eigenvalue weighted by molar-refractivity contribution is 5.89. The number of urea groups is 1. The van der Waals surface area contributed by atoms with Gasteiger partial charge in [0.15, 0.2) is 0 Å². The smallest absolute Gasteiger partial charge is 0.319 e. The largest absolute Gasteiger partial charge is 0.366 e. The number of rotatable bonds is 4. The molecule has 1 saturated heterocycles. The van der Waals surface area contributed by atoms with Gasteiger partial charge in [-0.2, -0.15) is 0 Å². The number of piperidine rings is 1. The molecule has 2 N–H and O–H groups in total. The molecule has 0 spiro atoms. The van der Waals surface area contributed by atoms with Crippen LogP contribution in [0.2, 0.25) is 0 Å². The summed E-state index contributed by atoms with van der Waals surface area (Å²) in [5, 5.41) is 16.8. The average molecular weight is 358 g/mol. The van der Waals surface area contributed by atoms with E-state index in [0.717, 1.165) is 6.07 Å². The number of nitro benzene ring substituents is 1. The van der Waals surface area contributed by atoms with Crippen LogP contribution in [-0.4, -0.2) is 30.1 Å². The third-order valence-corrected chi connectivity index (χ3v) is 4.34. The van der Waals surface area contributed by atoms with Crippen LogP contribution in [0.3, 0.4) is 0 Å². The Morgan fingerprint density at radius 1 is 1.15 bits per heavy atom. The number of carbonyl (C=O) groups is 1. The first-order chi connectivity index (χ1) is 12.5. The maximum absolute atomic E-state index is 13.5. The van der Waals surface area contributed by atoms with E-state index in [1.54, 1.807) is 17.0 Å². The fraction of sp³-hybridized carbons (Fsp3) is 0.278. The predicted octanol–water partition coefficient (Wildman–Crippen LogP) is 3.52. The fourth-order valence-electron chi connectivity index (χ4n) is 3.04. The lowest BCUT2D eigenvalue weighted by Gasteiger charge is -2.33. The minimum atomic E-state index is -0.508. The molecule has 2 aromatic rings. The van der Waals surface area contributed by atoms with Gasteiger partial charge in [-0.05, 0) is 31.0 Å². The summed E-state index contributed by atoms with van der Waals surface area (Å²) in [6, 6.07) is 12.3. The molecule has 136 valence electrons. The van der Waals surface area contributed by atoms with Crippen molar-refractivity contribution in [2.45, 2.75) is 18.9 Å². The van der Waals surface area contributed by atoms with Crippen LogP contribution in [0.4, 0.5) is 26.2 Å². The second kappa shape index (κ2) is 7.81. The molecule has 0 radical (unpaired) electrons. The quantitative estimate of drug-likeness (QED) is 0.647. The number of hydrogen-bond donors (Lipinski definition) is 2. The Labute approximate surface area is 150 Å². The van der Waals surface area contributed by atoms with Crippen molar-refractivity contribution in [3.63, 3.8) is 0 Å². The van der Waals surface area contributed by atoms with E-state index in [0.29, 0.717) is 31.6 Å². The normalized spacial score (nSPS) is 14.7. The molecule has 0 aromatic heterocycles. The van der Waals surface area contributed by atoms with E-state index in [1.807, 2.05) is 18.2 Å². The maximum atomic E-state index is 13.5. The third kappa shape index (κ3) is 4.27. The molecule has 7 nitrogen and oxygen atoms in total. The lowest BCUT2D eigenvalue weighted by Crippen LogP contribution is -2.46. The fourth-order valence-corrected chi connectivity index (χ4v) is 3.04. The van der Waals surface area contributed by atoms with Gasteiger partial charge in [0.2, 0.25) is 0 Å². The van der Waals surface area contributed by atoms with E-state index < -0.39 is 10.7 Å². The second-order valence-corrected chi connectivity index (χ2v) is 6.12. The lowest BCUT2D eigenvalue weighted by molar-refractivity contribution is -0.384. The summed E-state index contributed by atoms with van der Waals surface area (Å²) in [7, 11) is 0. The predicted molar refractivity (Wildman–Crippen MR) is 96.9 cm³/mol. The topological polar surface area (TPSA) is 87.5 Å². The zero-order chi connectivity index (χ0) is 18.5. The van der Waals surface area contributed by atoms with Crippen LogP contribution in [0, 0.1) is 15.9 Å². The Balaban J connectivity index is 1.57. The van der Waals surface area contributed by atoms with E-state index in [9.17, 15) is 19.3 Å². The molecule has 26 heavy (non-hydrogen) atoms. The first kappa shape index (κ1) is 17.7. The summed E-state index contributed by atoms with van der Waals surface area (Å²) in [6.07, 6.45) is 1.24. The number of nitrogens with zero attached hydrogens (tertiary/aromatic N) is 2. The van der Waals surface area contributed by atoms with Gasteiger partial charge in [0.1, 0.15) is 11.5 Å². The number of nitro groups is 1. The zero-order valence-corrected chi connectivity index (χ0v) is 14.0. The summed E-state index contributed by atoms with van der Waals surface area (Å²) in [5.41, 5.74) is 0.875. The van der Waals surface area contributed by atoms with Gasteiger partial charge in [-0.3, -0.25) is 10.1 Å². The highest BCUT2D eigenvalue weighted by Crippen LogP contribution is 2.31. The van der Waals surface area contributed by atoms with E-state index in [4.69, 9.17) is 0 Å². The first-order valence-electron chi connectivity index (χ1n) is 8.34. The lowest BCUT2D eigenvalue weighted by atomic mass is 10.0. The van der Waals surface area contributed by atoms with Crippen LogP contribution in [0.5, 0.6) is 0 Å². The molecule has 2 aromatic carbocycles. The average Bonchev–Trinajstić information content (AvgIpc) is 2.63. The first-order valence-corrected chi connectivity index (χ1v) is 8.34. The monoisotopic (exact) mass is 358 g/mol.